The number of carbonyl (C=O) groups excluding carboxylic acids is 1. The number of amides is 1. The molecule has 2 N–H and O–H groups in total. The van der Waals surface area contributed by atoms with Gasteiger partial charge in [0.25, 0.3) is 5.91 Å². The molecular formula is C15H16FN3O4. The predicted octanol–water partition coefficient (Wildman–Crippen LogP) is 1.34. The van der Waals surface area contributed by atoms with Gasteiger partial charge in [-0.25, -0.2) is 13.9 Å². The Kier molecular flexibility index (Phi) is 4.95. The number of carboxylic acid groups (broad SMARTS) is 1. The standard InChI is InChI=1S/C15H16FN3O4/c1-9-7-12(14(20)17-13(8-16)15(21)22)18-19(9)10-3-5-11(23-2)6-4-10/h3-7,13H,8H2,1-2H3,(H,17,20)(H,21,22). The number of nitrogens with zero attached hydrogens (tertiary/aromatic N) is 2. The van der Waals surface area contributed by atoms with Gasteiger partial charge in [-0.1, -0.05) is 0 Å². The van der Waals surface area contributed by atoms with Crippen molar-refractivity contribution < 1.29 is 23.8 Å². The van der Waals surface area contributed by atoms with E-state index in [4.69, 9.17) is 9.84 Å². The first-order valence-corrected chi connectivity index (χ1v) is 6.77. The highest BCUT2D eigenvalue weighted by Crippen LogP contribution is 2.16. The van der Waals surface area contributed by atoms with Crippen LogP contribution in [0.5, 0.6) is 5.75 Å². The minimum Gasteiger partial charge on any atom is -0.497 e. The largest absolute Gasteiger partial charge is 0.497 e. The number of benzene rings is 1. The summed E-state index contributed by atoms with van der Waals surface area (Å²) in [5.74, 6) is -1.50. The minimum absolute atomic E-state index is 0.0121. The lowest BCUT2D eigenvalue weighted by atomic mass is 10.3. The maximum atomic E-state index is 12.6. The smallest absolute Gasteiger partial charge is 0.328 e. The van der Waals surface area contributed by atoms with Crippen molar-refractivity contribution in [1.82, 2.24) is 15.1 Å². The molecule has 0 saturated heterocycles. The highest BCUT2D eigenvalue weighted by Gasteiger charge is 2.22. The predicted molar refractivity (Wildman–Crippen MR) is 79.7 cm³/mol. The van der Waals surface area contributed by atoms with Crippen LogP contribution in [0.1, 0.15) is 16.2 Å². The molecule has 23 heavy (non-hydrogen) atoms. The van der Waals surface area contributed by atoms with Crippen molar-refractivity contribution >= 4 is 11.9 Å². The van der Waals surface area contributed by atoms with E-state index in [1.54, 1.807) is 38.3 Å². The zero-order chi connectivity index (χ0) is 17.0. The monoisotopic (exact) mass is 321 g/mol. The van der Waals surface area contributed by atoms with Crippen molar-refractivity contribution in [2.24, 2.45) is 0 Å². The Labute approximate surface area is 131 Å². The van der Waals surface area contributed by atoms with Gasteiger partial charge >= 0.3 is 5.97 Å². The number of rotatable bonds is 6. The average molecular weight is 321 g/mol. The number of halogens is 1. The van der Waals surface area contributed by atoms with Gasteiger partial charge in [0, 0.05) is 5.69 Å². The number of aromatic nitrogens is 2. The summed E-state index contributed by atoms with van der Waals surface area (Å²) >= 11 is 0. The molecule has 1 aromatic heterocycles. The molecular weight excluding hydrogens is 305 g/mol. The molecule has 0 aliphatic rings. The summed E-state index contributed by atoms with van der Waals surface area (Å²) in [5.41, 5.74) is 1.40. The molecule has 0 aliphatic carbocycles. The van der Waals surface area contributed by atoms with Crippen LogP contribution in [-0.2, 0) is 4.79 Å². The van der Waals surface area contributed by atoms with E-state index in [0.717, 1.165) is 0 Å². The second kappa shape index (κ2) is 6.91. The third kappa shape index (κ3) is 3.65. The fourth-order valence-corrected chi connectivity index (χ4v) is 1.97. The van der Waals surface area contributed by atoms with E-state index in [9.17, 15) is 14.0 Å². The number of carboxylic acids is 1. The van der Waals surface area contributed by atoms with E-state index < -0.39 is 24.6 Å². The minimum atomic E-state index is -1.59. The van der Waals surface area contributed by atoms with Crippen LogP contribution in [0.4, 0.5) is 4.39 Å². The summed E-state index contributed by atoms with van der Waals surface area (Å²) in [7, 11) is 1.56. The zero-order valence-corrected chi connectivity index (χ0v) is 12.6. The molecule has 0 aliphatic heterocycles. The van der Waals surface area contributed by atoms with E-state index in [1.807, 2.05) is 0 Å². The lowest BCUT2D eigenvalue weighted by molar-refractivity contribution is -0.139. The Balaban J connectivity index is 2.22. The number of alkyl halides is 1. The first kappa shape index (κ1) is 16.5. The van der Waals surface area contributed by atoms with Crippen LogP contribution in [0.3, 0.4) is 0 Å². The second-order valence-electron chi connectivity index (χ2n) is 4.80. The Hall–Kier alpha value is -2.90. The maximum absolute atomic E-state index is 12.6. The summed E-state index contributed by atoms with van der Waals surface area (Å²) in [6.07, 6.45) is 0. The van der Waals surface area contributed by atoms with Gasteiger partial charge in [0.1, 0.15) is 12.4 Å². The van der Waals surface area contributed by atoms with E-state index >= 15 is 0 Å². The van der Waals surface area contributed by atoms with Crippen molar-refractivity contribution in [2.45, 2.75) is 13.0 Å². The van der Waals surface area contributed by atoms with Crippen LogP contribution in [-0.4, -0.2) is 46.6 Å². The van der Waals surface area contributed by atoms with Crippen molar-refractivity contribution in [3.05, 3.63) is 41.7 Å². The number of methoxy groups -OCH3 is 1. The van der Waals surface area contributed by atoms with Gasteiger partial charge in [0.2, 0.25) is 0 Å². The van der Waals surface area contributed by atoms with Gasteiger partial charge in [-0.3, -0.25) is 4.79 Å². The first-order chi connectivity index (χ1) is 11.0. The molecule has 2 rings (SSSR count). The molecule has 0 fully saturated rings. The number of hydrogen-bond donors (Lipinski definition) is 2. The van der Waals surface area contributed by atoms with Crippen LogP contribution >= 0.6 is 0 Å². The molecule has 1 amide bonds. The number of hydrogen-bond acceptors (Lipinski definition) is 4. The number of carbonyl (C=O) groups is 2. The Morgan fingerprint density at radius 2 is 2.04 bits per heavy atom. The highest BCUT2D eigenvalue weighted by molar-refractivity contribution is 5.95. The summed E-state index contributed by atoms with van der Waals surface area (Å²) in [6.45, 7) is 0.553. The van der Waals surface area contributed by atoms with Crippen LogP contribution in [0.25, 0.3) is 5.69 Å². The number of aliphatic carboxylic acids is 1. The summed E-state index contributed by atoms with van der Waals surface area (Å²) in [6, 6.07) is 6.94. The van der Waals surface area contributed by atoms with E-state index in [-0.39, 0.29) is 5.69 Å². The van der Waals surface area contributed by atoms with Crippen LogP contribution in [0.15, 0.2) is 30.3 Å². The quantitative estimate of drug-likeness (QED) is 0.837. The van der Waals surface area contributed by atoms with Crippen LogP contribution < -0.4 is 10.1 Å². The van der Waals surface area contributed by atoms with E-state index in [0.29, 0.717) is 17.1 Å². The fraction of sp³-hybridized carbons (Fsp3) is 0.267. The van der Waals surface area contributed by atoms with Crippen LogP contribution in [0.2, 0.25) is 0 Å². The van der Waals surface area contributed by atoms with Gasteiger partial charge in [-0.15, -0.1) is 0 Å². The third-order valence-corrected chi connectivity index (χ3v) is 3.19. The van der Waals surface area contributed by atoms with Crippen molar-refractivity contribution in [3.8, 4) is 11.4 Å². The van der Waals surface area contributed by atoms with Crippen LogP contribution in [0, 0.1) is 6.92 Å². The van der Waals surface area contributed by atoms with Gasteiger partial charge in [-0.2, -0.15) is 5.10 Å². The number of ether oxygens (including phenoxy) is 1. The third-order valence-electron chi connectivity index (χ3n) is 3.19. The molecule has 8 heteroatoms. The van der Waals surface area contributed by atoms with Gasteiger partial charge in [0.15, 0.2) is 11.7 Å². The average Bonchev–Trinajstić information content (AvgIpc) is 2.94. The molecule has 2 aromatic rings. The Morgan fingerprint density at radius 3 is 2.57 bits per heavy atom. The topological polar surface area (TPSA) is 93.5 Å². The molecule has 122 valence electrons. The van der Waals surface area contributed by atoms with E-state index in [2.05, 4.69) is 10.4 Å². The molecule has 1 unspecified atom stereocenters. The van der Waals surface area contributed by atoms with Crippen molar-refractivity contribution in [1.29, 1.82) is 0 Å². The molecule has 0 spiro atoms. The second-order valence-corrected chi connectivity index (χ2v) is 4.80. The Morgan fingerprint density at radius 1 is 1.39 bits per heavy atom. The van der Waals surface area contributed by atoms with Crippen molar-refractivity contribution in [3.63, 3.8) is 0 Å². The molecule has 1 heterocycles. The lowest BCUT2D eigenvalue weighted by Gasteiger charge is -2.09. The van der Waals surface area contributed by atoms with Gasteiger partial charge in [0.05, 0.1) is 12.8 Å². The molecule has 1 atom stereocenters. The summed E-state index contributed by atoms with van der Waals surface area (Å²) in [4.78, 5) is 22.7. The Bertz CT molecular complexity index is 712. The molecule has 7 nitrogen and oxygen atoms in total. The molecule has 0 saturated carbocycles. The zero-order valence-electron chi connectivity index (χ0n) is 12.6. The van der Waals surface area contributed by atoms with E-state index in [1.165, 1.54) is 10.7 Å². The highest BCUT2D eigenvalue weighted by atomic mass is 19.1. The maximum Gasteiger partial charge on any atom is 0.328 e. The number of aryl methyl sites for hydroxylation is 1. The summed E-state index contributed by atoms with van der Waals surface area (Å²) < 4.78 is 19.2. The van der Waals surface area contributed by atoms with Crippen molar-refractivity contribution in [2.75, 3.05) is 13.8 Å². The number of nitrogens with one attached hydrogen (secondary N) is 1. The normalized spacial score (nSPS) is 11.8. The molecule has 0 radical (unpaired) electrons. The first-order valence-electron chi connectivity index (χ1n) is 6.77. The van der Waals surface area contributed by atoms with Gasteiger partial charge in [-0.05, 0) is 37.3 Å². The lowest BCUT2D eigenvalue weighted by Crippen LogP contribution is -2.42. The molecule has 0 bridgehead atoms. The fourth-order valence-electron chi connectivity index (χ4n) is 1.97. The van der Waals surface area contributed by atoms with Gasteiger partial charge < -0.3 is 15.2 Å². The summed E-state index contributed by atoms with van der Waals surface area (Å²) in [5, 5.41) is 15.0. The molecule has 1 aromatic carbocycles. The SMILES string of the molecule is COc1ccc(-n2nc(C(=O)NC(CF)C(=O)O)cc2C)cc1.